The van der Waals surface area contributed by atoms with E-state index in [4.69, 9.17) is 16.3 Å². The molecule has 0 spiro atoms. The quantitative estimate of drug-likeness (QED) is 0.867. The Bertz CT molecular complexity index is 331. The average molecular weight is 247 g/mol. The summed E-state index contributed by atoms with van der Waals surface area (Å²) in [5.41, 5.74) is -0.466. The number of aliphatic hydroxyl groups excluding tert-OH is 1. The van der Waals surface area contributed by atoms with Gasteiger partial charge in [0.2, 0.25) is 0 Å². The molecule has 2 nitrogen and oxygen atoms in total. The van der Waals surface area contributed by atoms with Crippen LogP contribution in [0.2, 0.25) is 5.02 Å². The van der Waals surface area contributed by atoms with E-state index in [0.717, 1.165) is 30.7 Å². The fraction of sp³-hybridized carbons (Fsp3) is 0.636. The molecule has 1 aromatic heterocycles. The SMILES string of the molecule is CC1(C(O)c2sccc2Cl)CCCCO1. The molecule has 2 heterocycles. The molecule has 1 aromatic rings. The number of thiophene rings is 1. The number of halogens is 1. The van der Waals surface area contributed by atoms with Gasteiger partial charge >= 0.3 is 0 Å². The van der Waals surface area contributed by atoms with Gasteiger partial charge in [-0.1, -0.05) is 11.6 Å². The Balaban J connectivity index is 2.19. The predicted octanol–water partition coefficient (Wildman–Crippen LogP) is 3.39. The Morgan fingerprint density at radius 1 is 1.60 bits per heavy atom. The highest BCUT2D eigenvalue weighted by Crippen LogP contribution is 2.41. The van der Waals surface area contributed by atoms with E-state index < -0.39 is 11.7 Å². The molecule has 0 radical (unpaired) electrons. The zero-order valence-electron chi connectivity index (χ0n) is 8.70. The Morgan fingerprint density at radius 3 is 2.93 bits per heavy atom. The fourth-order valence-electron chi connectivity index (χ4n) is 1.95. The summed E-state index contributed by atoms with van der Waals surface area (Å²) in [6.07, 6.45) is 2.48. The van der Waals surface area contributed by atoms with Crippen LogP contribution in [0.4, 0.5) is 0 Å². The summed E-state index contributed by atoms with van der Waals surface area (Å²) < 4.78 is 5.70. The van der Waals surface area contributed by atoms with Crippen LogP contribution in [-0.4, -0.2) is 17.3 Å². The van der Waals surface area contributed by atoms with Gasteiger partial charge in [0.15, 0.2) is 0 Å². The Labute approximate surface area is 98.8 Å². The lowest BCUT2D eigenvalue weighted by molar-refractivity contribution is -0.137. The molecule has 15 heavy (non-hydrogen) atoms. The van der Waals surface area contributed by atoms with Gasteiger partial charge in [0, 0.05) is 6.61 Å². The maximum Gasteiger partial charge on any atom is 0.118 e. The lowest BCUT2D eigenvalue weighted by Crippen LogP contribution is -2.39. The van der Waals surface area contributed by atoms with Crippen LogP contribution in [0.1, 0.15) is 37.2 Å². The van der Waals surface area contributed by atoms with Crippen LogP contribution < -0.4 is 0 Å². The molecular weight excluding hydrogens is 232 g/mol. The second-order valence-corrected chi connectivity index (χ2v) is 5.51. The van der Waals surface area contributed by atoms with Crippen LogP contribution in [0.15, 0.2) is 11.4 Å². The number of rotatable bonds is 2. The molecule has 0 saturated carbocycles. The van der Waals surface area contributed by atoms with Crippen molar-refractivity contribution in [3.63, 3.8) is 0 Å². The molecule has 4 heteroatoms. The zero-order valence-corrected chi connectivity index (χ0v) is 10.3. The van der Waals surface area contributed by atoms with Gasteiger partial charge in [0.1, 0.15) is 6.10 Å². The first-order valence-electron chi connectivity index (χ1n) is 5.18. The molecule has 2 atom stereocenters. The molecule has 0 aliphatic carbocycles. The number of aliphatic hydroxyl groups is 1. The van der Waals surface area contributed by atoms with Crippen molar-refractivity contribution in [2.45, 2.75) is 37.9 Å². The van der Waals surface area contributed by atoms with Crippen LogP contribution in [0.3, 0.4) is 0 Å². The second kappa shape index (κ2) is 4.42. The molecule has 1 aliphatic heterocycles. The van der Waals surface area contributed by atoms with E-state index in [2.05, 4.69) is 0 Å². The summed E-state index contributed by atoms with van der Waals surface area (Å²) in [5, 5.41) is 12.8. The van der Waals surface area contributed by atoms with Gasteiger partial charge in [0.05, 0.1) is 15.5 Å². The number of hydrogen-bond donors (Lipinski definition) is 1. The summed E-state index contributed by atoms with van der Waals surface area (Å²) in [6, 6.07) is 1.82. The van der Waals surface area contributed by atoms with E-state index in [0.29, 0.717) is 5.02 Å². The average Bonchev–Trinajstić information content (AvgIpc) is 2.64. The molecule has 1 saturated heterocycles. The van der Waals surface area contributed by atoms with Gasteiger partial charge in [0.25, 0.3) is 0 Å². The van der Waals surface area contributed by atoms with Crippen molar-refractivity contribution in [2.24, 2.45) is 0 Å². The van der Waals surface area contributed by atoms with E-state index in [-0.39, 0.29) is 0 Å². The Hall–Kier alpha value is -0.0900. The van der Waals surface area contributed by atoms with Gasteiger partial charge in [-0.25, -0.2) is 0 Å². The third-order valence-corrected chi connectivity index (χ3v) is 4.38. The van der Waals surface area contributed by atoms with Crippen molar-refractivity contribution in [1.29, 1.82) is 0 Å². The standard InChI is InChI=1S/C11H15ClO2S/c1-11(5-2-3-6-14-11)10(13)9-8(12)4-7-15-9/h4,7,10,13H,2-3,5-6H2,1H3. The van der Waals surface area contributed by atoms with Crippen LogP contribution in [0.5, 0.6) is 0 Å². The van der Waals surface area contributed by atoms with Gasteiger partial charge < -0.3 is 9.84 Å². The van der Waals surface area contributed by atoms with Crippen molar-refractivity contribution in [1.82, 2.24) is 0 Å². The lowest BCUT2D eigenvalue weighted by Gasteiger charge is -2.37. The van der Waals surface area contributed by atoms with Crippen molar-refractivity contribution in [3.05, 3.63) is 21.3 Å². The normalized spacial score (nSPS) is 29.0. The summed E-state index contributed by atoms with van der Waals surface area (Å²) in [5.74, 6) is 0. The number of ether oxygens (including phenoxy) is 1. The highest BCUT2D eigenvalue weighted by Gasteiger charge is 2.38. The minimum Gasteiger partial charge on any atom is -0.384 e. The van der Waals surface area contributed by atoms with Gasteiger partial charge in [-0.05, 0) is 37.6 Å². The molecule has 1 fully saturated rings. The maximum atomic E-state index is 10.3. The molecule has 2 rings (SSSR count). The third kappa shape index (κ3) is 2.21. The molecule has 1 aliphatic rings. The Kier molecular flexibility index (Phi) is 3.36. The highest BCUT2D eigenvalue weighted by molar-refractivity contribution is 7.10. The van der Waals surface area contributed by atoms with E-state index >= 15 is 0 Å². The lowest BCUT2D eigenvalue weighted by atomic mass is 9.89. The number of hydrogen-bond acceptors (Lipinski definition) is 3. The fourth-order valence-corrected chi connectivity index (χ4v) is 3.23. The summed E-state index contributed by atoms with van der Waals surface area (Å²) >= 11 is 7.50. The van der Waals surface area contributed by atoms with Crippen molar-refractivity contribution in [3.8, 4) is 0 Å². The van der Waals surface area contributed by atoms with Gasteiger partial charge in [-0.3, -0.25) is 0 Å². The van der Waals surface area contributed by atoms with Crippen LogP contribution in [0.25, 0.3) is 0 Å². The summed E-state index contributed by atoms with van der Waals surface area (Å²) in [4.78, 5) is 0.820. The summed E-state index contributed by atoms with van der Waals surface area (Å²) in [7, 11) is 0. The smallest absolute Gasteiger partial charge is 0.118 e. The first kappa shape index (κ1) is 11.4. The van der Waals surface area contributed by atoms with Crippen LogP contribution >= 0.6 is 22.9 Å². The minimum atomic E-state index is -0.606. The molecule has 84 valence electrons. The largest absolute Gasteiger partial charge is 0.384 e. The van der Waals surface area contributed by atoms with E-state index in [1.54, 1.807) is 0 Å². The molecule has 1 N–H and O–H groups in total. The van der Waals surface area contributed by atoms with Crippen molar-refractivity contribution < 1.29 is 9.84 Å². The first-order valence-corrected chi connectivity index (χ1v) is 6.44. The monoisotopic (exact) mass is 246 g/mol. The minimum absolute atomic E-state index is 0.466. The van der Waals surface area contributed by atoms with Crippen LogP contribution in [0, 0.1) is 0 Å². The molecule has 0 amide bonds. The highest BCUT2D eigenvalue weighted by atomic mass is 35.5. The summed E-state index contributed by atoms with van der Waals surface area (Å²) in [6.45, 7) is 2.70. The molecule has 0 bridgehead atoms. The van der Waals surface area contributed by atoms with Gasteiger partial charge in [-0.2, -0.15) is 0 Å². The van der Waals surface area contributed by atoms with E-state index in [9.17, 15) is 5.11 Å². The molecule has 2 unspecified atom stereocenters. The topological polar surface area (TPSA) is 29.5 Å². The van der Waals surface area contributed by atoms with E-state index in [1.807, 2.05) is 18.4 Å². The molecule has 0 aromatic carbocycles. The van der Waals surface area contributed by atoms with E-state index in [1.165, 1.54) is 11.3 Å². The first-order chi connectivity index (χ1) is 7.13. The Morgan fingerprint density at radius 2 is 2.40 bits per heavy atom. The second-order valence-electron chi connectivity index (χ2n) is 4.15. The molecular formula is C11H15ClO2S. The zero-order chi connectivity index (χ0) is 10.9. The third-order valence-electron chi connectivity index (χ3n) is 2.97. The van der Waals surface area contributed by atoms with Crippen LogP contribution in [-0.2, 0) is 4.74 Å². The van der Waals surface area contributed by atoms with Crippen molar-refractivity contribution in [2.75, 3.05) is 6.61 Å². The van der Waals surface area contributed by atoms with Gasteiger partial charge in [-0.15, -0.1) is 11.3 Å². The predicted molar refractivity (Wildman–Crippen MR) is 62.5 cm³/mol. The maximum absolute atomic E-state index is 10.3. The van der Waals surface area contributed by atoms with Crippen molar-refractivity contribution >= 4 is 22.9 Å².